The molecule has 5 rings (SSSR count). The van der Waals surface area contributed by atoms with Crippen LogP contribution in [0.1, 0.15) is 45.7 Å². The van der Waals surface area contributed by atoms with Crippen LogP contribution in [-0.2, 0) is 6.42 Å². The molecule has 2 aromatic carbocycles. The number of para-hydroxylation sites is 1. The zero-order chi connectivity index (χ0) is 23.3. The third kappa shape index (κ3) is 4.84. The number of aromatic nitrogens is 1. The third-order valence-corrected chi connectivity index (χ3v) is 6.58. The van der Waals surface area contributed by atoms with Crippen LogP contribution in [0.5, 0.6) is 5.75 Å². The van der Waals surface area contributed by atoms with Crippen molar-refractivity contribution in [2.75, 3.05) is 38.1 Å². The molecule has 0 saturated carbocycles. The number of benzene rings is 2. The van der Waals surface area contributed by atoms with Gasteiger partial charge in [-0.1, -0.05) is 24.6 Å². The fourth-order valence-electron chi connectivity index (χ4n) is 4.74. The van der Waals surface area contributed by atoms with Gasteiger partial charge >= 0.3 is 0 Å². The fourth-order valence-corrected chi connectivity index (χ4v) is 4.74. The van der Waals surface area contributed by atoms with Gasteiger partial charge in [0.25, 0.3) is 11.8 Å². The number of piperidine rings is 1. The summed E-state index contributed by atoms with van der Waals surface area (Å²) < 4.78 is 5.88. The van der Waals surface area contributed by atoms with E-state index in [9.17, 15) is 9.59 Å². The SMILES string of the molecule is O=C(Nc1ccccc1-c1c[nH]c2c1CCNC2=O)c1ccc(OCCN2CCCCC2)cc1. The highest BCUT2D eigenvalue weighted by Crippen LogP contribution is 2.33. The zero-order valence-electron chi connectivity index (χ0n) is 19.2. The highest BCUT2D eigenvalue weighted by Gasteiger charge is 2.23. The number of ether oxygens (including phenoxy) is 1. The van der Waals surface area contributed by atoms with Crippen LogP contribution in [0.2, 0.25) is 0 Å². The Labute approximate surface area is 199 Å². The van der Waals surface area contributed by atoms with Gasteiger partial charge in [-0.25, -0.2) is 0 Å². The summed E-state index contributed by atoms with van der Waals surface area (Å²) in [7, 11) is 0. The van der Waals surface area contributed by atoms with E-state index in [4.69, 9.17) is 4.74 Å². The minimum Gasteiger partial charge on any atom is -0.492 e. The van der Waals surface area contributed by atoms with E-state index < -0.39 is 0 Å². The lowest BCUT2D eigenvalue weighted by atomic mass is 9.97. The summed E-state index contributed by atoms with van der Waals surface area (Å²) in [6, 6.07) is 14.9. The van der Waals surface area contributed by atoms with E-state index >= 15 is 0 Å². The number of amides is 2. The summed E-state index contributed by atoms with van der Waals surface area (Å²) in [5, 5.41) is 5.89. The van der Waals surface area contributed by atoms with Crippen molar-refractivity contribution in [1.29, 1.82) is 0 Å². The molecule has 2 aliphatic heterocycles. The molecule has 7 heteroatoms. The molecule has 3 aromatic rings. The summed E-state index contributed by atoms with van der Waals surface area (Å²) in [6.07, 6.45) is 6.47. The van der Waals surface area contributed by atoms with E-state index in [1.54, 1.807) is 12.1 Å². The van der Waals surface area contributed by atoms with Crippen molar-refractivity contribution >= 4 is 17.5 Å². The summed E-state index contributed by atoms with van der Waals surface area (Å²) >= 11 is 0. The van der Waals surface area contributed by atoms with E-state index in [-0.39, 0.29) is 11.8 Å². The molecule has 1 aromatic heterocycles. The van der Waals surface area contributed by atoms with Crippen LogP contribution in [0, 0.1) is 0 Å². The smallest absolute Gasteiger partial charge is 0.268 e. The average molecular weight is 459 g/mol. The molecular formula is C27H30N4O3. The largest absolute Gasteiger partial charge is 0.492 e. The Hall–Kier alpha value is -3.58. The van der Waals surface area contributed by atoms with E-state index in [1.807, 2.05) is 42.6 Å². The van der Waals surface area contributed by atoms with Crippen molar-refractivity contribution in [2.24, 2.45) is 0 Å². The first-order valence-electron chi connectivity index (χ1n) is 12.0. The Balaban J connectivity index is 1.24. The van der Waals surface area contributed by atoms with Crippen LogP contribution in [0.15, 0.2) is 54.7 Å². The van der Waals surface area contributed by atoms with Gasteiger partial charge in [0.2, 0.25) is 0 Å². The van der Waals surface area contributed by atoms with Gasteiger partial charge in [-0.2, -0.15) is 0 Å². The Morgan fingerprint density at radius 3 is 2.62 bits per heavy atom. The molecule has 3 heterocycles. The predicted octanol–water partition coefficient (Wildman–Crippen LogP) is 4.08. The zero-order valence-corrected chi connectivity index (χ0v) is 19.2. The number of H-pyrrole nitrogens is 1. The van der Waals surface area contributed by atoms with Crippen molar-refractivity contribution in [3.05, 3.63) is 71.5 Å². The number of fused-ring (bicyclic) bond motifs is 1. The minimum atomic E-state index is -0.186. The molecule has 176 valence electrons. The molecule has 0 radical (unpaired) electrons. The molecule has 1 saturated heterocycles. The number of anilines is 1. The molecule has 7 nitrogen and oxygen atoms in total. The number of likely N-dealkylation sites (tertiary alicyclic amines) is 1. The Morgan fingerprint density at radius 1 is 1.00 bits per heavy atom. The number of nitrogens with one attached hydrogen (secondary N) is 3. The van der Waals surface area contributed by atoms with Crippen LogP contribution >= 0.6 is 0 Å². The van der Waals surface area contributed by atoms with Crippen LogP contribution in [0.25, 0.3) is 11.1 Å². The van der Waals surface area contributed by atoms with Gasteiger partial charge in [0.1, 0.15) is 18.1 Å². The molecule has 34 heavy (non-hydrogen) atoms. The quantitative estimate of drug-likeness (QED) is 0.498. The van der Waals surface area contributed by atoms with E-state index in [1.165, 1.54) is 19.3 Å². The Bertz CT molecular complexity index is 1160. The van der Waals surface area contributed by atoms with Crippen molar-refractivity contribution < 1.29 is 14.3 Å². The topological polar surface area (TPSA) is 86.5 Å². The number of nitrogens with zero attached hydrogens (tertiary/aromatic N) is 1. The molecule has 0 aliphatic carbocycles. The van der Waals surface area contributed by atoms with Gasteiger partial charge in [-0.3, -0.25) is 14.5 Å². The first kappa shape index (κ1) is 22.2. The summed E-state index contributed by atoms with van der Waals surface area (Å²) in [6.45, 7) is 4.50. The lowest BCUT2D eigenvalue weighted by molar-refractivity contribution is 0.0940. The minimum absolute atomic E-state index is 0.0905. The number of hydrogen-bond acceptors (Lipinski definition) is 4. The van der Waals surface area contributed by atoms with Gasteiger partial charge in [0, 0.05) is 41.7 Å². The van der Waals surface area contributed by atoms with Crippen LogP contribution in [0.4, 0.5) is 5.69 Å². The maximum absolute atomic E-state index is 13.0. The maximum atomic E-state index is 13.0. The Kier molecular flexibility index (Phi) is 6.62. The van der Waals surface area contributed by atoms with E-state index in [2.05, 4.69) is 20.5 Å². The molecule has 2 aliphatic rings. The van der Waals surface area contributed by atoms with Crippen molar-refractivity contribution in [3.8, 4) is 16.9 Å². The molecule has 3 N–H and O–H groups in total. The molecular weight excluding hydrogens is 428 g/mol. The van der Waals surface area contributed by atoms with Crippen molar-refractivity contribution in [2.45, 2.75) is 25.7 Å². The van der Waals surface area contributed by atoms with Crippen LogP contribution < -0.4 is 15.4 Å². The van der Waals surface area contributed by atoms with Gasteiger partial charge in [-0.05, 0) is 68.2 Å². The van der Waals surface area contributed by atoms with Crippen LogP contribution in [-0.4, -0.2) is 54.5 Å². The highest BCUT2D eigenvalue weighted by molar-refractivity contribution is 6.07. The normalized spacial score (nSPS) is 15.9. The second-order valence-electron chi connectivity index (χ2n) is 8.84. The lowest BCUT2D eigenvalue weighted by Crippen LogP contribution is -2.33. The summed E-state index contributed by atoms with van der Waals surface area (Å²) in [5.41, 5.74) is 4.68. The fraction of sp³-hybridized carbons (Fsp3) is 0.333. The predicted molar refractivity (Wildman–Crippen MR) is 132 cm³/mol. The number of aromatic amines is 1. The number of rotatable bonds is 7. The average Bonchev–Trinajstić information content (AvgIpc) is 3.31. The Morgan fingerprint density at radius 2 is 1.79 bits per heavy atom. The monoisotopic (exact) mass is 458 g/mol. The molecule has 2 amide bonds. The first-order valence-corrected chi connectivity index (χ1v) is 12.0. The second-order valence-corrected chi connectivity index (χ2v) is 8.84. The van der Waals surface area contributed by atoms with Gasteiger partial charge in [0.15, 0.2) is 0 Å². The highest BCUT2D eigenvalue weighted by atomic mass is 16.5. The van der Waals surface area contributed by atoms with Gasteiger partial charge in [-0.15, -0.1) is 0 Å². The first-order chi connectivity index (χ1) is 16.7. The van der Waals surface area contributed by atoms with Crippen molar-refractivity contribution in [3.63, 3.8) is 0 Å². The van der Waals surface area contributed by atoms with Crippen LogP contribution in [0.3, 0.4) is 0 Å². The van der Waals surface area contributed by atoms with Gasteiger partial charge in [0.05, 0.1) is 0 Å². The molecule has 0 spiro atoms. The molecule has 1 fully saturated rings. The molecule has 0 bridgehead atoms. The number of carbonyl (C=O) groups excluding carboxylic acids is 2. The number of hydrogen-bond donors (Lipinski definition) is 3. The molecule has 0 unspecified atom stereocenters. The van der Waals surface area contributed by atoms with E-state index in [0.29, 0.717) is 30.1 Å². The lowest BCUT2D eigenvalue weighted by Gasteiger charge is -2.26. The molecule has 0 atom stereocenters. The summed E-state index contributed by atoms with van der Waals surface area (Å²) in [4.78, 5) is 30.6. The summed E-state index contributed by atoms with van der Waals surface area (Å²) in [5.74, 6) is 0.493. The van der Waals surface area contributed by atoms with E-state index in [0.717, 1.165) is 48.5 Å². The number of carbonyl (C=O) groups is 2. The second kappa shape index (κ2) is 10.1. The third-order valence-electron chi connectivity index (χ3n) is 6.58. The van der Waals surface area contributed by atoms with Gasteiger partial charge < -0.3 is 20.4 Å². The standard InChI is InChI=1S/C27H30N4O3/c32-26(19-8-10-20(11-9-19)34-17-16-31-14-4-1-5-15-31)30-24-7-3-2-6-21(24)23-18-29-25-22(23)12-13-28-27(25)33/h2-3,6-11,18,29H,1,4-5,12-17H2,(H,28,33)(H,30,32). The maximum Gasteiger partial charge on any atom is 0.268 e. The van der Waals surface area contributed by atoms with Crippen molar-refractivity contribution in [1.82, 2.24) is 15.2 Å².